The summed E-state index contributed by atoms with van der Waals surface area (Å²) in [5, 5.41) is 15.4. The molecular weight excluding hydrogens is 298 g/mol. The van der Waals surface area contributed by atoms with Crippen LogP contribution in [-0.2, 0) is 20.2 Å². The lowest BCUT2D eigenvalue weighted by molar-refractivity contribution is 0.282. The van der Waals surface area contributed by atoms with Crippen LogP contribution >= 0.6 is 0 Å². The minimum atomic E-state index is 0.0382. The Bertz CT molecular complexity index is 983. The van der Waals surface area contributed by atoms with Gasteiger partial charge in [0.25, 0.3) is 0 Å². The van der Waals surface area contributed by atoms with E-state index < -0.39 is 0 Å². The van der Waals surface area contributed by atoms with Crippen LogP contribution in [-0.4, -0.2) is 19.5 Å². The fourth-order valence-electron chi connectivity index (χ4n) is 3.15. The van der Waals surface area contributed by atoms with Crippen molar-refractivity contribution in [3.05, 3.63) is 78.0 Å². The molecule has 4 rings (SSSR count). The molecule has 2 aromatic carbocycles. The summed E-state index contributed by atoms with van der Waals surface area (Å²) < 4.78 is 4.07. The molecule has 0 aliphatic carbocycles. The smallest absolute Gasteiger partial charge is 0.117 e. The van der Waals surface area contributed by atoms with Gasteiger partial charge in [-0.1, -0.05) is 48.5 Å². The Morgan fingerprint density at radius 1 is 0.958 bits per heavy atom. The molecule has 0 spiro atoms. The van der Waals surface area contributed by atoms with E-state index in [4.69, 9.17) is 5.10 Å². The monoisotopic (exact) mass is 317 g/mol. The van der Waals surface area contributed by atoms with Gasteiger partial charge in [0.15, 0.2) is 0 Å². The molecule has 0 saturated carbocycles. The normalized spacial score (nSPS) is 11.2. The van der Waals surface area contributed by atoms with E-state index in [0.717, 1.165) is 34.4 Å². The zero-order valence-electron chi connectivity index (χ0n) is 13.6. The van der Waals surface area contributed by atoms with Gasteiger partial charge < -0.3 is 9.67 Å². The molecule has 0 saturated heterocycles. The van der Waals surface area contributed by atoms with E-state index in [-0.39, 0.29) is 6.61 Å². The fourth-order valence-corrected chi connectivity index (χ4v) is 3.15. The molecule has 2 heterocycles. The third-order valence-corrected chi connectivity index (χ3v) is 4.32. The van der Waals surface area contributed by atoms with Crippen LogP contribution in [0.15, 0.2) is 66.9 Å². The van der Waals surface area contributed by atoms with E-state index in [2.05, 4.69) is 24.3 Å². The first-order chi connectivity index (χ1) is 11.8. The van der Waals surface area contributed by atoms with E-state index in [1.165, 1.54) is 5.56 Å². The van der Waals surface area contributed by atoms with Gasteiger partial charge in [-0.25, -0.2) is 0 Å². The lowest BCUT2D eigenvalue weighted by Crippen LogP contribution is -2.01. The second-order valence-electron chi connectivity index (χ2n) is 6.01. The van der Waals surface area contributed by atoms with Gasteiger partial charge in [0.05, 0.1) is 24.4 Å². The molecule has 120 valence electrons. The molecule has 0 unspecified atom stereocenters. The number of aromatic nitrogens is 3. The summed E-state index contributed by atoms with van der Waals surface area (Å²) in [7, 11) is 1.99. The van der Waals surface area contributed by atoms with Crippen LogP contribution in [0.4, 0.5) is 0 Å². The molecule has 0 bridgehead atoms. The minimum Gasteiger partial charge on any atom is -0.392 e. The SMILES string of the molecule is Cn1cc(CO)cc1-c1nn(Cc2ccccc2)c2ccccc12. The van der Waals surface area contributed by atoms with Crippen LogP contribution in [0, 0.1) is 0 Å². The number of hydrogen-bond donors (Lipinski definition) is 1. The second-order valence-corrected chi connectivity index (χ2v) is 6.01. The summed E-state index contributed by atoms with van der Waals surface area (Å²) in [6.45, 7) is 0.773. The van der Waals surface area contributed by atoms with Gasteiger partial charge >= 0.3 is 0 Å². The molecular formula is C20H19N3O. The molecule has 0 amide bonds. The minimum absolute atomic E-state index is 0.0382. The van der Waals surface area contributed by atoms with Crippen molar-refractivity contribution in [1.82, 2.24) is 14.3 Å². The number of hydrogen-bond acceptors (Lipinski definition) is 2. The van der Waals surface area contributed by atoms with Gasteiger partial charge in [0.2, 0.25) is 0 Å². The topological polar surface area (TPSA) is 43.0 Å². The number of aliphatic hydroxyl groups is 1. The van der Waals surface area contributed by atoms with Crippen LogP contribution in [0.3, 0.4) is 0 Å². The second kappa shape index (κ2) is 5.98. The molecule has 0 aliphatic rings. The van der Waals surface area contributed by atoms with Crippen molar-refractivity contribution in [2.24, 2.45) is 7.05 Å². The largest absolute Gasteiger partial charge is 0.392 e. The predicted octanol–water partition coefficient (Wildman–Crippen LogP) is 3.58. The highest BCUT2D eigenvalue weighted by Gasteiger charge is 2.15. The van der Waals surface area contributed by atoms with Gasteiger partial charge in [-0.3, -0.25) is 4.68 Å². The maximum atomic E-state index is 9.40. The maximum Gasteiger partial charge on any atom is 0.117 e. The number of fused-ring (bicyclic) bond motifs is 1. The average Bonchev–Trinajstić information content (AvgIpc) is 3.17. The van der Waals surface area contributed by atoms with Crippen LogP contribution < -0.4 is 0 Å². The maximum absolute atomic E-state index is 9.40. The number of aliphatic hydroxyl groups excluding tert-OH is 1. The van der Waals surface area contributed by atoms with Crippen molar-refractivity contribution in [3.8, 4) is 11.4 Å². The van der Waals surface area contributed by atoms with E-state index in [1.54, 1.807) is 0 Å². The molecule has 24 heavy (non-hydrogen) atoms. The molecule has 4 heteroatoms. The first-order valence-corrected chi connectivity index (χ1v) is 8.02. The molecule has 0 atom stereocenters. The quantitative estimate of drug-likeness (QED) is 0.625. The molecule has 0 radical (unpaired) electrons. The van der Waals surface area contributed by atoms with Crippen molar-refractivity contribution in [2.75, 3.05) is 0 Å². The van der Waals surface area contributed by atoms with E-state index in [0.29, 0.717) is 0 Å². The third kappa shape index (κ3) is 2.51. The van der Waals surface area contributed by atoms with Gasteiger partial charge in [-0.15, -0.1) is 0 Å². The third-order valence-electron chi connectivity index (χ3n) is 4.32. The number of aryl methyl sites for hydroxylation is 1. The summed E-state index contributed by atoms with van der Waals surface area (Å²) in [6, 6.07) is 20.6. The van der Waals surface area contributed by atoms with Crippen molar-refractivity contribution in [2.45, 2.75) is 13.2 Å². The lowest BCUT2D eigenvalue weighted by Gasteiger charge is -2.03. The number of para-hydroxylation sites is 1. The standard InChI is InChI=1S/C20H19N3O/c1-22-12-16(14-24)11-19(22)20-17-9-5-6-10-18(17)23(21-20)13-15-7-3-2-4-8-15/h2-12,24H,13-14H2,1H3. The Hall–Kier alpha value is -2.85. The van der Waals surface area contributed by atoms with Crippen LogP contribution in [0.5, 0.6) is 0 Å². The molecule has 1 N–H and O–H groups in total. The zero-order valence-corrected chi connectivity index (χ0v) is 13.6. The molecule has 2 aromatic heterocycles. The number of nitrogens with zero attached hydrogens (tertiary/aromatic N) is 3. The summed E-state index contributed by atoms with van der Waals surface area (Å²) in [6.07, 6.45) is 1.94. The Kier molecular flexibility index (Phi) is 3.67. The first kappa shape index (κ1) is 14.7. The molecule has 4 nitrogen and oxygen atoms in total. The highest BCUT2D eigenvalue weighted by Crippen LogP contribution is 2.29. The number of rotatable bonds is 4. The highest BCUT2D eigenvalue weighted by molar-refractivity contribution is 5.92. The Balaban J connectivity index is 1.86. The van der Waals surface area contributed by atoms with Gasteiger partial charge in [0, 0.05) is 18.6 Å². The van der Waals surface area contributed by atoms with E-state index in [1.807, 2.05) is 58.9 Å². The van der Waals surface area contributed by atoms with Crippen molar-refractivity contribution in [3.63, 3.8) is 0 Å². The zero-order chi connectivity index (χ0) is 16.5. The van der Waals surface area contributed by atoms with E-state index in [9.17, 15) is 5.11 Å². The van der Waals surface area contributed by atoms with Gasteiger partial charge in [0.1, 0.15) is 5.69 Å². The van der Waals surface area contributed by atoms with Crippen LogP contribution in [0.1, 0.15) is 11.1 Å². The average molecular weight is 317 g/mol. The summed E-state index contributed by atoms with van der Waals surface area (Å²) in [5.41, 5.74) is 5.20. The van der Waals surface area contributed by atoms with Crippen LogP contribution in [0.2, 0.25) is 0 Å². The summed E-state index contributed by atoms with van der Waals surface area (Å²) in [5.74, 6) is 0. The first-order valence-electron chi connectivity index (χ1n) is 8.02. The fraction of sp³-hybridized carbons (Fsp3) is 0.150. The summed E-state index contributed by atoms with van der Waals surface area (Å²) in [4.78, 5) is 0. The van der Waals surface area contributed by atoms with E-state index >= 15 is 0 Å². The Labute approximate surface area is 140 Å². The lowest BCUT2D eigenvalue weighted by atomic mass is 10.1. The Morgan fingerprint density at radius 3 is 2.46 bits per heavy atom. The molecule has 0 aliphatic heterocycles. The Morgan fingerprint density at radius 2 is 1.71 bits per heavy atom. The van der Waals surface area contributed by atoms with Crippen molar-refractivity contribution < 1.29 is 5.11 Å². The molecule has 0 fully saturated rings. The van der Waals surface area contributed by atoms with Gasteiger partial charge in [-0.05, 0) is 23.3 Å². The predicted molar refractivity (Wildman–Crippen MR) is 95.6 cm³/mol. The van der Waals surface area contributed by atoms with Crippen molar-refractivity contribution >= 4 is 10.9 Å². The summed E-state index contributed by atoms with van der Waals surface area (Å²) >= 11 is 0. The van der Waals surface area contributed by atoms with Crippen LogP contribution in [0.25, 0.3) is 22.3 Å². The number of benzene rings is 2. The highest BCUT2D eigenvalue weighted by atomic mass is 16.3. The van der Waals surface area contributed by atoms with Crippen molar-refractivity contribution in [1.29, 1.82) is 0 Å². The molecule has 4 aromatic rings. The van der Waals surface area contributed by atoms with Gasteiger partial charge in [-0.2, -0.15) is 5.10 Å².